The van der Waals surface area contributed by atoms with Crippen LogP contribution in [0, 0.1) is 0 Å². The number of ether oxygens (including phenoxy) is 1. The minimum absolute atomic E-state index is 0.0212. The van der Waals surface area contributed by atoms with Crippen molar-refractivity contribution in [2.45, 2.75) is 0 Å². The zero-order valence-corrected chi connectivity index (χ0v) is 10.4. The Morgan fingerprint density at radius 1 is 1.44 bits per heavy atom. The van der Waals surface area contributed by atoms with Crippen molar-refractivity contribution in [3.63, 3.8) is 0 Å². The van der Waals surface area contributed by atoms with E-state index in [1.54, 1.807) is 11.1 Å². The Hall–Kier alpha value is -1.59. The van der Waals surface area contributed by atoms with Crippen LogP contribution in [-0.2, 0) is 4.74 Å². The summed E-state index contributed by atoms with van der Waals surface area (Å²) < 4.78 is 5.24. The Labute approximate surface area is 109 Å². The van der Waals surface area contributed by atoms with Gasteiger partial charge in [0.2, 0.25) is 0 Å². The molecule has 1 amide bonds. The molecule has 1 aliphatic heterocycles. The van der Waals surface area contributed by atoms with Crippen LogP contribution in [0.4, 0.5) is 0 Å². The third kappa shape index (κ3) is 1.85. The molecule has 0 atom stereocenters. The van der Waals surface area contributed by atoms with Crippen molar-refractivity contribution in [3.8, 4) is 0 Å². The second-order valence-corrected chi connectivity index (χ2v) is 4.49. The highest BCUT2D eigenvalue weighted by molar-refractivity contribution is 6.34. The van der Waals surface area contributed by atoms with E-state index in [1.165, 1.54) is 6.20 Å². The van der Waals surface area contributed by atoms with Crippen LogP contribution in [0.5, 0.6) is 0 Å². The number of hydrogen-bond acceptors (Lipinski definition) is 3. The number of hydrogen-bond donors (Lipinski definition) is 1. The minimum Gasteiger partial charge on any atom is -0.378 e. The zero-order valence-electron chi connectivity index (χ0n) is 9.65. The molecule has 0 unspecified atom stereocenters. The predicted octanol–water partition coefficient (Wildman–Crippen LogP) is 1.69. The third-order valence-electron chi connectivity index (χ3n) is 3.08. The van der Waals surface area contributed by atoms with Crippen molar-refractivity contribution in [3.05, 3.63) is 29.2 Å². The quantitative estimate of drug-likeness (QED) is 0.799. The molecular formula is C12H12ClN3O2. The number of nitrogens with one attached hydrogen (secondary N) is 1. The van der Waals surface area contributed by atoms with E-state index in [1.807, 2.05) is 6.07 Å². The lowest BCUT2D eigenvalue weighted by Gasteiger charge is -2.27. The van der Waals surface area contributed by atoms with Crippen LogP contribution >= 0.6 is 11.6 Å². The largest absolute Gasteiger partial charge is 0.378 e. The van der Waals surface area contributed by atoms with Crippen LogP contribution in [0.25, 0.3) is 10.9 Å². The fourth-order valence-electron chi connectivity index (χ4n) is 2.13. The molecule has 3 rings (SSSR count). The normalized spacial score (nSPS) is 16.2. The first-order valence-corrected chi connectivity index (χ1v) is 6.14. The first-order chi connectivity index (χ1) is 8.77. The lowest BCUT2D eigenvalue weighted by atomic mass is 10.1. The van der Waals surface area contributed by atoms with Crippen LogP contribution in [0.2, 0.25) is 5.15 Å². The third-order valence-corrected chi connectivity index (χ3v) is 3.37. The summed E-state index contributed by atoms with van der Waals surface area (Å²) in [6.07, 6.45) is 3.30. The molecule has 0 bridgehead atoms. The molecule has 0 aliphatic carbocycles. The van der Waals surface area contributed by atoms with Gasteiger partial charge in [-0.25, -0.2) is 4.98 Å². The number of aromatic nitrogens is 2. The van der Waals surface area contributed by atoms with Gasteiger partial charge in [0.25, 0.3) is 5.91 Å². The number of morpholine rings is 1. The maximum Gasteiger partial charge on any atom is 0.256 e. The van der Waals surface area contributed by atoms with Crippen molar-refractivity contribution < 1.29 is 9.53 Å². The molecule has 0 spiro atoms. The Balaban J connectivity index is 2.00. The Bertz CT molecular complexity index is 590. The number of amides is 1. The number of nitrogens with zero attached hydrogens (tertiary/aromatic N) is 2. The van der Waals surface area contributed by atoms with Gasteiger partial charge in [0, 0.05) is 30.9 Å². The first kappa shape index (κ1) is 11.5. The first-order valence-electron chi connectivity index (χ1n) is 5.76. The zero-order chi connectivity index (χ0) is 12.5. The second kappa shape index (κ2) is 4.59. The van der Waals surface area contributed by atoms with Crippen LogP contribution in [0.15, 0.2) is 18.5 Å². The van der Waals surface area contributed by atoms with Gasteiger partial charge in [-0.05, 0) is 6.07 Å². The average Bonchev–Trinajstić information content (AvgIpc) is 2.90. The average molecular weight is 266 g/mol. The maximum atomic E-state index is 12.4. The van der Waals surface area contributed by atoms with Gasteiger partial charge in [-0.15, -0.1) is 0 Å². The minimum atomic E-state index is -0.0212. The van der Waals surface area contributed by atoms with E-state index >= 15 is 0 Å². The highest BCUT2D eigenvalue weighted by atomic mass is 35.5. The molecule has 0 aromatic carbocycles. The van der Waals surface area contributed by atoms with Gasteiger partial charge >= 0.3 is 0 Å². The molecule has 2 aromatic rings. The Morgan fingerprint density at radius 3 is 3.00 bits per heavy atom. The van der Waals surface area contributed by atoms with Crippen molar-refractivity contribution in [2.75, 3.05) is 26.3 Å². The van der Waals surface area contributed by atoms with Gasteiger partial charge in [-0.1, -0.05) is 11.6 Å². The smallest absolute Gasteiger partial charge is 0.256 e. The van der Waals surface area contributed by atoms with E-state index in [0.29, 0.717) is 42.5 Å². The summed E-state index contributed by atoms with van der Waals surface area (Å²) in [5, 5.41) is 1.19. The number of H-pyrrole nitrogens is 1. The topological polar surface area (TPSA) is 58.2 Å². The molecule has 2 aromatic heterocycles. The van der Waals surface area contributed by atoms with Gasteiger partial charge in [0.05, 0.1) is 24.3 Å². The SMILES string of the molecule is O=C(c1cnc(Cl)c2[nH]ccc12)N1CCOCC1. The number of pyridine rings is 1. The summed E-state index contributed by atoms with van der Waals surface area (Å²) in [5.74, 6) is -0.0212. The molecule has 1 saturated heterocycles. The van der Waals surface area contributed by atoms with Gasteiger partial charge in [-0.2, -0.15) is 0 Å². The number of fused-ring (bicyclic) bond motifs is 1. The molecule has 1 fully saturated rings. The second-order valence-electron chi connectivity index (χ2n) is 4.13. The Kier molecular flexibility index (Phi) is 2.93. The summed E-state index contributed by atoms with van der Waals surface area (Å²) in [7, 11) is 0. The molecule has 3 heterocycles. The molecule has 1 aliphatic rings. The summed E-state index contributed by atoms with van der Waals surface area (Å²) in [6.45, 7) is 2.41. The van der Waals surface area contributed by atoms with Gasteiger partial charge in [0.15, 0.2) is 5.15 Å². The summed E-state index contributed by atoms with van der Waals surface area (Å²) in [6, 6.07) is 1.84. The van der Waals surface area contributed by atoms with E-state index in [9.17, 15) is 4.79 Å². The van der Waals surface area contributed by atoms with E-state index in [0.717, 1.165) is 5.39 Å². The molecule has 18 heavy (non-hydrogen) atoms. The highest BCUT2D eigenvalue weighted by Gasteiger charge is 2.21. The Morgan fingerprint density at radius 2 is 2.22 bits per heavy atom. The van der Waals surface area contributed by atoms with E-state index in [2.05, 4.69) is 9.97 Å². The number of aromatic amines is 1. The summed E-state index contributed by atoms with van der Waals surface area (Å²) in [5.41, 5.74) is 1.29. The number of carbonyl (C=O) groups is 1. The predicted molar refractivity (Wildman–Crippen MR) is 67.8 cm³/mol. The van der Waals surface area contributed by atoms with E-state index in [4.69, 9.17) is 16.3 Å². The monoisotopic (exact) mass is 265 g/mol. The molecular weight excluding hydrogens is 254 g/mol. The molecule has 0 saturated carbocycles. The lowest BCUT2D eigenvalue weighted by molar-refractivity contribution is 0.0304. The molecule has 1 N–H and O–H groups in total. The number of rotatable bonds is 1. The lowest BCUT2D eigenvalue weighted by Crippen LogP contribution is -2.40. The van der Waals surface area contributed by atoms with Gasteiger partial charge in [-0.3, -0.25) is 4.79 Å². The fraction of sp³-hybridized carbons (Fsp3) is 0.333. The van der Waals surface area contributed by atoms with E-state index in [-0.39, 0.29) is 5.91 Å². The molecule has 6 heteroatoms. The van der Waals surface area contributed by atoms with Crippen molar-refractivity contribution in [1.29, 1.82) is 0 Å². The summed E-state index contributed by atoms with van der Waals surface area (Å²) >= 11 is 5.97. The van der Waals surface area contributed by atoms with Crippen LogP contribution in [-0.4, -0.2) is 47.1 Å². The van der Waals surface area contributed by atoms with Crippen molar-refractivity contribution >= 4 is 28.4 Å². The fourth-order valence-corrected chi connectivity index (χ4v) is 2.33. The van der Waals surface area contributed by atoms with E-state index < -0.39 is 0 Å². The summed E-state index contributed by atoms with van der Waals surface area (Å²) in [4.78, 5) is 21.2. The van der Waals surface area contributed by atoms with Crippen LogP contribution in [0.1, 0.15) is 10.4 Å². The number of halogens is 1. The van der Waals surface area contributed by atoms with Crippen molar-refractivity contribution in [1.82, 2.24) is 14.9 Å². The highest BCUT2D eigenvalue weighted by Crippen LogP contribution is 2.24. The maximum absolute atomic E-state index is 12.4. The van der Waals surface area contributed by atoms with Crippen molar-refractivity contribution in [2.24, 2.45) is 0 Å². The standard InChI is InChI=1S/C12H12ClN3O2/c13-11-10-8(1-2-14-10)9(7-15-11)12(17)16-3-5-18-6-4-16/h1-2,7,14H,3-6H2. The molecule has 0 radical (unpaired) electrons. The molecule has 5 nitrogen and oxygen atoms in total. The number of carbonyl (C=O) groups excluding carboxylic acids is 1. The van der Waals surface area contributed by atoms with Crippen LogP contribution < -0.4 is 0 Å². The van der Waals surface area contributed by atoms with Gasteiger partial charge < -0.3 is 14.6 Å². The van der Waals surface area contributed by atoms with Crippen LogP contribution in [0.3, 0.4) is 0 Å². The molecule has 94 valence electrons. The van der Waals surface area contributed by atoms with Gasteiger partial charge in [0.1, 0.15) is 0 Å².